The lowest BCUT2D eigenvalue weighted by Gasteiger charge is -1.99. The number of hydrogen-bond donors (Lipinski definition) is 0. The lowest BCUT2D eigenvalue weighted by molar-refractivity contribution is 0.391. The van der Waals surface area contributed by atoms with Crippen molar-refractivity contribution in [2.45, 2.75) is 24.4 Å². The molecule has 0 aliphatic rings. The van der Waals surface area contributed by atoms with Crippen LogP contribution in [0.25, 0.3) is 11.4 Å². The van der Waals surface area contributed by atoms with Crippen molar-refractivity contribution in [2.24, 2.45) is 0 Å². The Bertz CT molecular complexity index is 742. The molecule has 2 heterocycles. The van der Waals surface area contributed by atoms with Crippen molar-refractivity contribution in [3.8, 4) is 11.4 Å². The number of nitrogens with zero attached hydrogens (tertiary/aromatic N) is 5. The van der Waals surface area contributed by atoms with Crippen LogP contribution in [-0.2, 0) is 12.3 Å². The zero-order chi connectivity index (χ0) is 14.7. The highest BCUT2D eigenvalue weighted by Gasteiger charge is 2.11. The molecule has 1 aromatic carbocycles. The van der Waals surface area contributed by atoms with Gasteiger partial charge in [0.05, 0.1) is 5.75 Å². The average molecular weight is 322 g/mol. The molecule has 0 radical (unpaired) electrons. The summed E-state index contributed by atoms with van der Waals surface area (Å²) in [6.07, 6.45) is 1.70. The highest BCUT2D eigenvalue weighted by atomic mass is 35.5. The maximum absolute atomic E-state index is 5.96. The van der Waals surface area contributed by atoms with Crippen LogP contribution >= 0.6 is 23.4 Å². The van der Waals surface area contributed by atoms with E-state index in [4.69, 9.17) is 16.1 Å². The summed E-state index contributed by atoms with van der Waals surface area (Å²) in [6, 6.07) is 7.35. The van der Waals surface area contributed by atoms with E-state index in [1.807, 2.05) is 23.6 Å². The molecule has 0 atom stereocenters. The fraction of sp³-hybridized carbons (Fsp3) is 0.231. The Labute approximate surface area is 130 Å². The lowest BCUT2D eigenvalue weighted by Crippen LogP contribution is -1.94. The summed E-state index contributed by atoms with van der Waals surface area (Å²) in [5.41, 5.74) is 0.833. The highest BCUT2D eigenvalue weighted by molar-refractivity contribution is 7.98. The van der Waals surface area contributed by atoms with E-state index in [9.17, 15) is 0 Å². The van der Waals surface area contributed by atoms with Gasteiger partial charge in [0.25, 0.3) is 0 Å². The van der Waals surface area contributed by atoms with Crippen molar-refractivity contribution in [1.82, 2.24) is 24.9 Å². The molecule has 8 heteroatoms. The van der Waals surface area contributed by atoms with Crippen LogP contribution in [0.2, 0.25) is 5.02 Å². The summed E-state index contributed by atoms with van der Waals surface area (Å²) in [7, 11) is 0. The van der Waals surface area contributed by atoms with Crippen LogP contribution in [0.4, 0.5) is 0 Å². The van der Waals surface area contributed by atoms with E-state index in [2.05, 4.69) is 20.3 Å². The Kier molecular flexibility index (Phi) is 4.21. The maximum Gasteiger partial charge on any atom is 0.237 e. The smallest absolute Gasteiger partial charge is 0.237 e. The van der Waals surface area contributed by atoms with Crippen LogP contribution in [0, 0.1) is 0 Å². The molecule has 0 aliphatic heterocycles. The minimum Gasteiger partial charge on any atom is -0.338 e. The molecule has 0 N–H and O–H groups in total. The molecule has 21 heavy (non-hydrogen) atoms. The Morgan fingerprint density at radius 3 is 3.10 bits per heavy atom. The van der Waals surface area contributed by atoms with Crippen LogP contribution in [-0.4, -0.2) is 24.9 Å². The number of benzene rings is 1. The minimum atomic E-state index is 0.532. The van der Waals surface area contributed by atoms with Crippen LogP contribution in [0.1, 0.15) is 12.8 Å². The van der Waals surface area contributed by atoms with E-state index in [0.717, 1.165) is 17.3 Å². The third-order valence-electron chi connectivity index (χ3n) is 2.80. The van der Waals surface area contributed by atoms with Crippen LogP contribution in [0.5, 0.6) is 0 Å². The van der Waals surface area contributed by atoms with Gasteiger partial charge >= 0.3 is 0 Å². The van der Waals surface area contributed by atoms with Crippen molar-refractivity contribution >= 4 is 23.4 Å². The molecule has 0 saturated heterocycles. The summed E-state index contributed by atoms with van der Waals surface area (Å²) >= 11 is 7.47. The average Bonchev–Trinajstić information content (AvgIpc) is 3.14. The van der Waals surface area contributed by atoms with Gasteiger partial charge in [-0.15, -0.1) is 10.2 Å². The minimum absolute atomic E-state index is 0.532. The Hall–Kier alpha value is -1.86. The van der Waals surface area contributed by atoms with E-state index in [1.54, 1.807) is 18.5 Å². The van der Waals surface area contributed by atoms with Crippen molar-refractivity contribution in [3.05, 3.63) is 41.5 Å². The third-order valence-corrected chi connectivity index (χ3v) is 4.00. The molecule has 0 saturated carbocycles. The van der Waals surface area contributed by atoms with E-state index in [1.165, 1.54) is 11.8 Å². The number of aromatic nitrogens is 5. The fourth-order valence-electron chi connectivity index (χ4n) is 1.76. The molecule has 3 rings (SSSR count). The van der Waals surface area contributed by atoms with E-state index >= 15 is 0 Å². The predicted octanol–water partition coefficient (Wildman–Crippen LogP) is 3.29. The largest absolute Gasteiger partial charge is 0.338 e. The summed E-state index contributed by atoms with van der Waals surface area (Å²) < 4.78 is 7.21. The SMILES string of the molecule is CCn1cnnc1SCc1nc(-c2cccc(Cl)c2)no1. The molecule has 3 aromatic rings. The van der Waals surface area contributed by atoms with Gasteiger partial charge in [-0.2, -0.15) is 4.98 Å². The van der Waals surface area contributed by atoms with E-state index < -0.39 is 0 Å². The molecule has 0 amide bonds. The van der Waals surface area contributed by atoms with Gasteiger partial charge in [-0.1, -0.05) is 40.7 Å². The van der Waals surface area contributed by atoms with Gasteiger partial charge in [0.1, 0.15) is 6.33 Å². The van der Waals surface area contributed by atoms with E-state index in [-0.39, 0.29) is 0 Å². The summed E-state index contributed by atoms with van der Waals surface area (Å²) in [5.74, 6) is 1.62. The van der Waals surface area contributed by atoms with Crippen molar-refractivity contribution in [2.75, 3.05) is 0 Å². The second kappa shape index (κ2) is 6.28. The van der Waals surface area contributed by atoms with Gasteiger partial charge in [-0.25, -0.2) is 0 Å². The molecule has 6 nitrogen and oxygen atoms in total. The first-order chi connectivity index (χ1) is 10.3. The van der Waals surface area contributed by atoms with Crippen LogP contribution in [0.3, 0.4) is 0 Å². The lowest BCUT2D eigenvalue weighted by atomic mass is 10.2. The van der Waals surface area contributed by atoms with Gasteiger partial charge in [0.2, 0.25) is 11.7 Å². The Morgan fingerprint density at radius 1 is 1.38 bits per heavy atom. The van der Waals surface area contributed by atoms with Crippen molar-refractivity contribution in [1.29, 1.82) is 0 Å². The van der Waals surface area contributed by atoms with Gasteiger partial charge in [0.15, 0.2) is 5.16 Å². The zero-order valence-corrected chi connectivity index (χ0v) is 12.8. The number of aryl methyl sites for hydroxylation is 1. The molecule has 0 bridgehead atoms. The van der Waals surface area contributed by atoms with Gasteiger partial charge in [0, 0.05) is 17.1 Å². The third kappa shape index (κ3) is 3.25. The number of thioether (sulfide) groups is 1. The van der Waals surface area contributed by atoms with E-state index in [0.29, 0.717) is 22.5 Å². The quantitative estimate of drug-likeness (QED) is 0.672. The number of hydrogen-bond acceptors (Lipinski definition) is 6. The number of rotatable bonds is 5. The molecule has 0 unspecified atom stereocenters. The van der Waals surface area contributed by atoms with Gasteiger partial charge in [-0.05, 0) is 19.1 Å². The fourth-order valence-corrected chi connectivity index (χ4v) is 2.76. The molecule has 0 aliphatic carbocycles. The molecular weight excluding hydrogens is 310 g/mol. The van der Waals surface area contributed by atoms with Crippen LogP contribution < -0.4 is 0 Å². The molecule has 0 fully saturated rings. The summed E-state index contributed by atoms with van der Waals surface area (Å²) in [5, 5.41) is 13.4. The van der Waals surface area contributed by atoms with Crippen LogP contribution in [0.15, 0.2) is 40.3 Å². The highest BCUT2D eigenvalue weighted by Crippen LogP contribution is 2.23. The van der Waals surface area contributed by atoms with Crippen molar-refractivity contribution < 1.29 is 4.52 Å². The second-order valence-corrected chi connectivity index (χ2v) is 5.59. The zero-order valence-electron chi connectivity index (χ0n) is 11.2. The first-order valence-corrected chi connectivity index (χ1v) is 7.71. The summed E-state index contributed by atoms with van der Waals surface area (Å²) in [4.78, 5) is 4.36. The topological polar surface area (TPSA) is 69.6 Å². The summed E-state index contributed by atoms with van der Waals surface area (Å²) in [6.45, 7) is 2.87. The first-order valence-electron chi connectivity index (χ1n) is 6.35. The Morgan fingerprint density at radius 2 is 2.29 bits per heavy atom. The number of halogens is 1. The first kappa shape index (κ1) is 14.1. The predicted molar refractivity (Wildman–Crippen MR) is 80.0 cm³/mol. The molecule has 108 valence electrons. The van der Waals surface area contributed by atoms with Crippen molar-refractivity contribution in [3.63, 3.8) is 0 Å². The normalized spacial score (nSPS) is 11.0. The molecule has 2 aromatic heterocycles. The van der Waals surface area contributed by atoms with Gasteiger partial charge in [-0.3, -0.25) is 0 Å². The standard InChI is InChI=1S/C13H12ClN5OS/c1-2-19-8-15-17-13(19)21-7-11-16-12(18-20-11)9-4-3-5-10(14)6-9/h3-6,8H,2,7H2,1H3. The van der Waals surface area contributed by atoms with Gasteiger partial charge < -0.3 is 9.09 Å². The molecule has 0 spiro atoms. The monoisotopic (exact) mass is 321 g/mol. The maximum atomic E-state index is 5.96. The second-order valence-electron chi connectivity index (χ2n) is 4.21. The molecular formula is C13H12ClN5OS. The Balaban J connectivity index is 1.71.